The second kappa shape index (κ2) is 9.67. The van der Waals surface area contributed by atoms with Crippen LogP contribution in [-0.2, 0) is 29.4 Å². The Kier molecular flexibility index (Phi) is 6.88. The molecule has 3 aromatic rings. The first-order valence-corrected chi connectivity index (χ1v) is 12.9. The molecule has 172 valence electrons. The van der Waals surface area contributed by atoms with E-state index in [-0.39, 0.29) is 17.3 Å². The number of fused-ring (bicyclic) bond motifs is 1. The molecular formula is C26H27ClN2O3S. The van der Waals surface area contributed by atoms with Crippen molar-refractivity contribution in [3.8, 4) is 0 Å². The van der Waals surface area contributed by atoms with Crippen LogP contribution in [0.2, 0.25) is 5.02 Å². The number of carbonyl (C=O) groups is 1. The summed E-state index contributed by atoms with van der Waals surface area (Å²) in [7, 11) is -3.61. The predicted molar refractivity (Wildman–Crippen MR) is 132 cm³/mol. The minimum atomic E-state index is -3.61. The minimum absolute atomic E-state index is 0.0696. The van der Waals surface area contributed by atoms with Crippen LogP contribution in [0, 0.1) is 5.92 Å². The van der Waals surface area contributed by atoms with E-state index in [0.29, 0.717) is 23.0 Å². The van der Waals surface area contributed by atoms with Crippen LogP contribution in [0.5, 0.6) is 0 Å². The molecule has 0 spiro atoms. The number of halogens is 1. The topological polar surface area (TPSA) is 66.5 Å². The maximum atomic E-state index is 12.9. The molecule has 3 aromatic carbocycles. The summed E-state index contributed by atoms with van der Waals surface area (Å²) in [6, 6.07) is 19.6. The van der Waals surface area contributed by atoms with Gasteiger partial charge >= 0.3 is 0 Å². The van der Waals surface area contributed by atoms with E-state index in [1.165, 1.54) is 0 Å². The molecule has 5 nitrogen and oxygen atoms in total. The minimum Gasteiger partial charge on any atom is -0.308 e. The van der Waals surface area contributed by atoms with Gasteiger partial charge in [0.05, 0.1) is 4.90 Å². The van der Waals surface area contributed by atoms with Crippen molar-refractivity contribution in [3.05, 3.63) is 94.0 Å². The largest absolute Gasteiger partial charge is 0.308 e. The van der Waals surface area contributed by atoms with Crippen molar-refractivity contribution in [1.29, 1.82) is 0 Å². The number of nitrogens with zero attached hydrogens (tertiary/aromatic N) is 1. The quantitative estimate of drug-likeness (QED) is 0.502. The number of rotatable bonds is 7. The summed E-state index contributed by atoms with van der Waals surface area (Å²) in [5.41, 5.74) is 4.47. The third-order valence-electron chi connectivity index (χ3n) is 5.72. The molecule has 1 amide bonds. The van der Waals surface area contributed by atoms with Crippen LogP contribution < -0.4 is 9.62 Å². The molecule has 1 aliphatic rings. The zero-order valence-corrected chi connectivity index (χ0v) is 20.3. The first-order chi connectivity index (χ1) is 15.7. The van der Waals surface area contributed by atoms with E-state index in [0.717, 1.165) is 35.2 Å². The van der Waals surface area contributed by atoms with Gasteiger partial charge in [0.15, 0.2) is 0 Å². The Morgan fingerprint density at radius 3 is 2.33 bits per heavy atom. The third-order valence-corrected chi connectivity index (χ3v) is 7.39. The number of hydrogen-bond donors (Lipinski definition) is 1. The normalized spacial score (nSPS) is 13.4. The van der Waals surface area contributed by atoms with Crippen molar-refractivity contribution in [3.63, 3.8) is 0 Å². The molecule has 0 radical (unpaired) electrons. The van der Waals surface area contributed by atoms with Crippen LogP contribution in [0.4, 0.5) is 5.69 Å². The molecule has 0 unspecified atom stereocenters. The maximum Gasteiger partial charge on any atom is 0.258 e. The Morgan fingerprint density at radius 2 is 1.67 bits per heavy atom. The van der Waals surface area contributed by atoms with E-state index in [9.17, 15) is 13.2 Å². The van der Waals surface area contributed by atoms with Crippen LogP contribution >= 0.6 is 11.6 Å². The van der Waals surface area contributed by atoms with Gasteiger partial charge in [-0.3, -0.25) is 4.79 Å². The fourth-order valence-corrected chi connectivity index (χ4v) is 5.21. The second-order valence-electron chi connectivity index (χ2n) is 8.74. The second-order valence-corrected chi connectivity index (χ2v) is 10.9. The molecule has 33 heavy (non-hydrogen) atoms. The molecule has 0 aromatic heterocycles. The Hall–Kier alpha value is -2.67. The summed E-state index contributed by atoms with van der Waals surface area (Å²) in [6.07, 6.45) is 1.65. The van der Waals surface area contributed by atoms with Gasteiger partial charge in [-0.2, -0.15) is 0 Å². The highest BCUT2D eigenvalue weighted by atomic mass is 35.5. The molecule has 0 atom stereocenters. The zero-order chi connectivity index (χ0) is 23.6. The molecule has 1 N–H and O–H groups in total. The van der Waals surface area contributed by atoms with E-state index in [1.807, 2.05) is 30.3 Å². The summed E-state index contributed by atoms with van der Waals surface area (Å²) in [5, 5.41) is 0.590. The van der Waals surface area contributed by atoms with E-state index in [1.54, 1.807) is 41.3 Å². The van der Waals surface area contributed by atoms with Crippen LogP contribution in [0.15, 0.2) is 71.6 Å². The van der Waals surface area contributed by atoms with E-state index >= 15 is 0 Å². The van der Waals surface area contributed by atoms with E-state index in [2.05, 4.69) is 18.6 Å². The number of sulfonamides is 1. The van der Waals surface area contributed by atoms with Crippen molar-refractivity contribution < 1.29 is 13.2 Å². The summed E-state index contributed by atoms with van der Waals surface area (Å²) in [5.74, 6) is 0.447. The van der Waals surface area contributed by atoms with Gasteiger partial charge in [-0.1, -0.05) is 49.7 Å². The lowest BCUT2D eigenvalue weighted by molar-refractivity contribution is 0.0989. The van der Waals surface area contributed by atoms with Crippen LogP contribution in [0.1, 0.15) is 40.9 Å². The summed E-state index contributed by atoms with van der Waals surface area (Å²) in [4.78, 5) is 14.9. The van der Waals surface area contributed by atoms with Gasteiger partial charge in [0.2, 0.25) is 10.0 Å². The first-order valence-electron chi connectivity index (χ1n) is 11.0. The lowest BCUT2D eigenvalue weighted by Gasteiger charge is -2.18. The fourth-order valence-electron chi connectivity index (χ4n) is 4.06. The SMILES string of the molecule is CC(C)Cc1ccc(S(=O)(=O)NCc2ccc3c(c2)CCN3C(=O)c2ccc(Cl)cc2)cc1. The average Bonchev–Trinajstić information content (AvgIpc) is 3.21. The lowest BCUT2D eigenvalue weighted by Crippen LogP contribution is -2.28. The maximum absolute atomic E-state index is 12.9. The molecule has 4 rings (SSSR count). The number of anilines is 1. The monoisotopic (exact) mass is 482 g/mol. The Bertz CT molecular complexity index is 1250. The van der Waals surface area contributed by atoms with Gasteiger partial charge in [0.1, 0.15) is 0 Å². The van der Waals surface area contributed by atoms with Crippen molar-refractivity contribution >= 4 is 33.2 Å². The number of hydrogen-bond acceptors (Lipinski definition) is 3. The van der Waals surface area contributed by atoms with Crippen LogP contribution in [0.3, 0.4) is 0 Å². The Labute approximate surface area is 200 Å². The van der Waals surface area contributed by atoms with Gasteiger partial charge in [-0.15, -0.1) is 0 Å². The Balaban J connectivity index is 1.43. The molecule has 0 aliphatic carbocycles. The highest BCUT2D eigenvalue weighted by molar-refractivity contribution is 7.89. The van der Waals surface area contributed by atoms with Gasteiger partial charge in [0.25, 0.3) is 5.91 Å². The van der Waals surface area contributed by atoms with E-state index < -0.39 is 10.0 Å². The molecule has 1 heterocycles. The Morgan fingerprint density at radius 1 is 1.00 bits per heavy atom. The van der Waals surface area contributed by atoms with Crippen LogP contribution in [-0.4, -0.2) is 20.9 Å². The smallest absolute Gasteiger partial charge is 0.258 e. The molecule has 7 heteroatoms. The molecular weight excluding hydrogens is 456 g/mol. The number of benzene rings is 3. The van der Waals surface area contributed by atoms with Crippen LogP contribution in [0.25, 0.3) is 0 Å². The zero-order valence-electron chi connectivity index (χ0n) is 18.7. The van der Waals surface area contributed by atoms with E-state index in [4.69, 9.17) is 11.6 Å². The molecule has 0 bridgehead atoms. The van der Waals surface area contributed by atoms with Gasteiger partial charge in [0, 0.05) is 29.4 Å². The summed E-state index contributed by atoms with van der Waals surface area (Å²) < 4.78 is 28.1. The van der Waals surface area contributed by atoms with Gasteiger partial charge in [-0.25, -0.2) is 13.1 Å². The number of carbonyl (C=O) groups excluding carboxylic acids is 1. The molecule has 0 saturated carbocycles. The molecule has 1 aliphatic heterocycles. The number of nitrogens with one attached hydrogen (secondary N) is 1. The highest BCUT2D eigenvalue weighted by Gasteiger charge is 2.26. The summed E-state index contributed by atoms with van der Waals surface area (Å²) >= 11 is 5.93. The van der Waals surface area contributed by atoms with Crippen molar-refractivity contribution in [2.45, 2.75) is 38.1 Å². The summed E-state index contributed by atoms with van der Waals surface area (Å²) in [6.45, 7) is 5.05. The first kappa shape index (κ1) is 23.5. The molecule has 0 saturated heterocycles. The lowest BCUT2D eigenvalue weighted by atomic mass is 10.0. The third kappa shape index (κ3) is 5.46. The standard InChI is InChI=1S/C26H27ClN2O3S/c1-18(2)15-19-3-10-24(11-4-19)33(31,32)28-17-20-5-12-25-22(16-20)13-14-29(25)26(30)21-6-8-23(27)9-7-21/h3-12,16,18,28H,13-15,17H2,1-2H3. The van der Waals surface area contributed by atoms with Crippen molar-refractivity contribution in [2.24, 2.45) is 5.92 Å². The fraction of sp³-hybridized carbons (Fsp3) is 0.269. The average molecular weight is 483 g/mol. The van der Waals surface area contributed by atoms with Gasteiger partial charge < -0.3 is 4.90 Å². The predicted octanol–water partition coefficient (Wildman–Crippen LogP) is 5.22. The van der Waals surface area contributed by atoms with Crippen molar-refractivity contribution in [2.75, 3.05) is 11.4 Å². The molecule has 0 fully saturated rings. The van der Waals surface area contributed by atoms with Crippen molar-refractivity contribution in [1.82, 2.24) is 4.72 Å². The highest BCUT2D eigenvalue weighted by Crippen LogP contribution is 2.30. The van der Waals surface area contributed by atoms with Gasteiger partial charge in [-0.05, 0) is 77.9 Å². The number of amides is 1.